The fourth-order valence-corrected chi connectivity index (χ4v) is 2.40. The SMILES string of the molecule is CC[C@@]1(C)NC(=O)N(CC(=O)OCC(=O)c2ccccc2OC)C1=O. The second-order valence-electron chi connectivity index (χ2n) is 5.79. The van der Waals surface area contributed by atoms with E-state index in [1.165, 1.54) is 7.11 Å². The lowest BCUT2D eigenvalue weighted by Gasteiger charge is -2.18. The molecular weight excluding hydrogens is 328 g/mol. The minimum Gasteiger partial charge on any atom is -0.496 e. The summed E-state index contributed by atoms with van der Waals surface area (Å²) in [5.74, 6) is -1.40. The van der Waals surface area contributed by atoms with Crippen molar-refractivity contribution in [3.63, 3.8) is 0 Å². The number of hydrogen-bond acceptors (Lipinski definition) is 6. The van der Waals surface area contributed by atoms with Crippen LogP contribution in [0.2, 0.25) is 0 Å². The average molecular weight is 348 g/mol. The summed E-state index contributed by atoms with van der Waals surface area (Å²) in [6, 6.07) is 5.90. The number of urea groups is 1. The van der Waals surface area contributed by atoms with Gasteiger partial charge in [-0.2, -0.15) is 0 Å². The number of methoxy groups -OCH3 is 1. The van der Waals surface area contributed by atoms with Crippen molar-refractivity contribution >= 4 is 23.7 Å². The molecule has 1 atom stereocenters. The Morgan fingerprint density at radius 2 is 1.92 bits per heavy atom. The van der Waals surface area contributed by atoms with Crippen LogP contribution in [0.4, 0.5) is 4.79 Å². The van der Waals surface area contributed by atoms with Gasteiger partial charge in [-0.1, -0.05) is 19.1 Å². The van der Waals surface area contributed by atoms with Gasteiger partial charge in [0.2, 0.25) is 5.78 Å². The molecule has 1 aromatic rings. The largest absolute Gasteiger partial charge is 0.496 e. The van der Waals surface area contributed by atoms with Crippen LogP contribution in [0, 0.1) is 0 Å². The van der Waals surface area contributed by atoms with E-state index in [4.69, 9.17) is 9.47 Å². The van der Waals surface area contributed by atoms with Gasteiger partial charge in [-0.3, -0.25) is 19.3 Å². The zero-order valence-corrected chi connectivity index (χ0v) is 14.3. The van der Waals surface area contributed by atoms with Crippen molar-refractivity contribution in [1.29, 1.82) is 0 Å². The molecule has 0 saturated carbocycles. The van der Waals surface area contributed by atoms with E-state index < -0.39 is 42.4 Å². The first-order valence-electron chi connectivity index (χ1n) is 7.78. The van der Waals surface area contributed by atoms with E-state index in [9.17, 15) is 19.2 Å². The maximum absolute atomic E-state index is 12.2. The fraction of sp³-hybridized carbons (Fsp3) is 0.412. The number of carbonyl (C=O) groups excluding carboxylic acids is 4. The molecule has 134 valence electrons. The summed E-state index contributed by atoms with van der Waals surface area (Å²) in [5.41, 5.74) is -0.740. The van der Waals surface area contributed by atoms with Crippen LogP contribution in [0.3, 0.4) is 0 Å². The number of esters is 1. The van der Waals surface area contributed by atoms with E-state index in [2.05, 4.69) is 5.32 Å². The van der Waals surface area contributed by atoms with Crippen molar-refractivity contribution in [2.75, 3.05) is 20.3 Å². The van der Waals surface area contributed by atoms with Gasteiger partial charge in [0.1, 0.15) is 17.8 Å². The van der Waals surface area contributed by atoms with Crippen LogP contribution in [0.5, 0.6) is 5.75 Å². The highest BCUT2D eigenvalue weighted by atomic mass is 16.5. The van der Waals surface area contributed by atoms with E-state index in [0.717, 1.165) is 4.90 Å². The molecule has 0 bridgehead atoms. The number of nitrogens with one attached hydrogen (secondary N) is 1. The minimum absolute atomic E-state index is 0.284. The van der Waals surface area contributed by atoms with Crippen LogP contribution in [0.1, 0.15) is 30.6 Å². The lowest BCUT2D eigenvalue weighted by molar-refractivity contribution is -0.146. The molecule has 1 fully saturated rings. The lowest BCUT2D eigenvalue weighted by Crippen LogP contribution is -2.43. The van der Waals surface area contributed by atoms with Crippen molar-refractivity contribution in [1.82, 2.24) is 10.2 Å². The minimum atomic E-state index is -1.02. The maximum Gasteiger partial charge on any atom is 0.326 e. The standard InChI is InChI=1S/C17H20N2O6/c1-4-17(2)15(22)19(16(23)18-17)9-14(21)25-10-12(20)11-7-5-6-8-13(11)24-3/h5-8H,4,9-10H2,1-3H3,(H,18,23)/t17-/m1/s1. The van der Waals surface area contributed by atoms with Gasteiger partial charge in [-0.15, -0.1) is 0 Å². The monoisotopic (exact) mass is 348 g/mol. The number of ether oxygens (including phenoxy) is 2. The highest BCUT2D eigenvalue weighted by molar-refractivity contribution is 6.08. The molecule has 0 radical (unpaired) electrons. The van der Waals surface area contributed by atoms with E-state index in [0.29, 0.717) is 12.2 Å². The Morgan fingerprint density at radius 1 is 1.24 bits per heavy atom. The van der Waals surface area contributed by atoms with Gasteiger partial charge in [0.15, 0.2) is 6.61 Å². The molecule has 1 saturated heterocycles. The highest BCUT2D eigenvalue weighted by Crippen LogP contribution is 2.21. The van der Waals surface area contributed by atoms with Crippen LogP contribution in [0.25, 0.3) is 0 Å². The second kappa shape index (κ2) is 7.33. The van der Waals surface area contributed by atoms with Gasteiger partial charge in [-0.25, -0.2) is 4.79 Å². The molecule has 0 spiro atoms. The lowest BCUT2D eigenvalue weighted by atomic mass is 9.99. The van der Waals surface area contributed by atoms with Crippen LogP contribution in [-0.4, -0.2) is 54.4 Å². The third-order valence-corrected chi connectivity index (χ3v) is 4.11. The number of carbonyl (C=O) groups is 4. The van der Waals surface area contributed by atoms with Crippen LogP contribution in [0.15, 0.2) is 24.3 Å². The van der Waals surface area contributed by atoms with E-state index >= 15 is 0 Å². The van der Waals surface area contributed by atoms with Gasteiger partial charge in [-0.05, 0) is 25.5 Å². The Hall–Kier alpha value is -2.90. The van der Waals surface area contributed by atoms with Crippen molar-refractivity contribution in [2.45, 2.75) is 25.8 Å². The van der Waals surface area contributed by atoms with Gasteiger partial charge in [0, 0.05) is 0 Å². The normalized spacial score (nSPS) is 19.6. The third-order valence-electron chi connectivity index (χ3n) is 4.11. The third kappa shape index (κ3) is 3.78. The zero-order chi connectivity index (χ0) is 18.6. The molecule has 0 aliphatic carbocycles. The topological polar surface area (TPSA) is 102 Å². The molecule has 8 nitrogen and oxygen atoms in total. The average Bonchev–Trinajstić information content (AvgIpc) is 2.83. The Labute approximate surface area is 145 Å². The van der Waals surface area contributed by atoms with E-state index in [1.807, 2.05) is 0 Å². The quantitative estimate of drug-likeness (QED) is 0.450. The molecule has 1 N–H and O–H groups in total. The number of amides is 3. The Kier molecular flexibility index (Phi) is 5.41. The predicted octanol–water partition coefficient (Wildman–Crippen LogP) is 1.14. The zero-order valence-electron chi connectivity index (χ0n) is 14.3. The molecule has 1 aliphatic heterocycles. The van der Waals surface area contributed by atoms with Crippen molar-refractivity contribution < 1.29 is 28.7 Å². The molecule has 1 aliphatic rings. The molecular formula is C17H20N2O6. The van der Waals surface area contributed by atoms with Crippen molar-refractivity contribution in [3.05, 3.63) is 29.8 Å². The maximum atomic E-state index is 12.2. The first kappa shape index (κ1) is 18.4. The molecule has 0 unspecified atom stereocenters. The molecule has 8 heteroatoms. The molecule has 25 heavy (non-hydrogen) atoms. The first-order chi connectivity index (χ1) is 11.8. The Bertz CT molecular complexity index is 717. The summed E-state index contributed by atoms with van der Waals surface area (Å²) in [6.07, 6.45) is 0.398. The van der Waals surface area contributed by atoms with Gasteiger partial charge in [0.25, 0.3) is 5.91 Å². The van der Waals surface area contributed by atoms with E-state index in [1.54, 1.807) is 38.1 Å². The van der Waals surface area contributed by atoms with Crippen LogP contribution in [-0.2, 0) is 14.3 Å². The Morgan fingerprint density at radius 3 is 2.52 bits per heavy atom. The summed E-state index contributed by atoms with van der Waals surface area (Å²) in [4.78, 5) is 48.9. The molecule has 1 aromatic carbocycles. The molecule has 0 aromatic heterocycles. The van der Waals surface area contributed by atoms with Gasteiger partial charge < -0.3 is 14.8 Å². The molecule has 3 amide bonds. The fourth-order valence-electron chi connectivity index (χ4n) is 2.40. The number of para-hydroxylation sites is 1. The number of ketones is 1. The van der Waals surface area contributed by atoms with Crippen LogP contribution >= 0.6 is 0 Å². The van der Waals surface area contributed by atoms with Crippen LogP contribution < -0.4 is 10.1 Å². The van der Waals surface area contributed by atoms with Crippen molar-refractivity contribution in [3.8, 4) is 5.75 Å². The van der Waals surface area contributed by atoms with Crippen molar-refractivity contribution in [2.24, 2.45) is 0 Å². The number of benzene rings is 1. The number of Topliss-reactive ketones (excluding diaryl/α,β-unsaturated/α-hetero) is 1. The number of nitrogens with zero attached hydrogens (tertiary/aromatic N) is 1. The molecule has 1 heterocycles. The molecule has 2 rings (SSSR count). The van der Waals surface area contributed by atoms with Gasteiger partial charge in [0.05, 0.1) is 12.7 Å². The Balaban J connectivity index is 1.94. The van der Waals surface area contributed by atoms with E-state index in [-0.39, 0.29) is 5.56 Å². The summed E-state index contributed by atoms with van der Waals surface area (Å²) >= 11 is 0. The summed E-state index contributed by atoms with van der Waals surface area (Å²) in [6.45, 7) is 2.29. The number of rotatable bonds is 7. The summed E-state index contributed by atoms with van der Waals surface area (Å²) < 4.78 is 9.98. The summed E-state index contributed by atoms with van der Waals surface area (Å²) in [7, 11) is 1.43. The first-order valence-corrected chi connectivity index (χ1v) is 7.78. The number of hydrogen-bond donors (Lipinski definition) is 1. The highest BCUT2D eigenvalue weighted by Gasteiger charge is 2.47. The number of imide groups is 1. The second-order valence-corrected chi connectivity index (χ2v) is 5.79. The van der Waals surface area contributed by atoms with Gasteiger partial charge >= 0.3 is 12.0 Å². The smallest absolute Gasteiger partial charge is 0.326 e. The predicted molar refractivity (Wildman–Crippen MR) is 87.2 cm³/mol. The summed E-state index contributed by atoms with van der Waals surface area (Å²) in [5, 5.41) is 2.54.